The second kappa shape index (κ2) is 11.7. The molecule has 0 fully saturated rings. The maximum atomic E-state index is 11.6. The fourth-order valence-electron chi connectivity index (χ4n) is 2.52. The number of unbranched alkanes of at least 4 members (excludes halogenated alkanes) is 3. The summed E-state index contributed by atoms with van der Waals surface area (Å²) in [5, 5.41) is 27.9. The van der Waals surface area contributed by atoms with Crippen molar-refractivity contribution in [2.45, 2.75) is 46.0 Å². The van der Waals surface area contributed by atoms with Gasteiger partial charge >= 0.3 is 5.97 Å². The molecule has 0 aromatic carbocycles. The first-order valence-electron chi connectivity index (χ1n) is 7.61. The Hall–Kier alpha value is -0.910. The van der Waals surface area contributed by atoms with E-state index < -0.39 is 5.97 Å². The van der Waals surface area contributed by atoms with Crippen molar-refractivity contribution in [1.82, 2.24) is 0 Å². The van der Waals surface area contributed by atoms with Gasteiger partial charge in [0.05, 0.1) is 7.11 Å². The largest absolute Gasteiger partial charge is 0.466 e. The number of carbonyl (C=O) groups is 1. The third kappa shape index (κ3) is 7.07. The SMILES string of the molecule is COC(=O)C(C)=C(C)C(CO)C(CO)CCCCCCO. The van der Waals surface area contributed by atoms with Crippen molar-refractivity contribution in [2.24, 2.45) is 11.8 Å². The third-order valence-electron chi connectivity index (χ3n) is 4.12. The summed E-state index contributed by atoms with van der Waals surface area (Å²) in [6.45, 7) is 3.59. The van der Waals surface area contributed by atoms with E-state index in [9.17, 15) is 15.0 Å². The molecule has 124 valence electrons. The van der Waals surface area contributed by atoms with Crippen LogP contribution in [-0.2, 0) is 9.53 Å². The van der Waals surface area contributed by atoms with E-state index in [4.69, 9.17) is 9.84 Å². The average molecular weight is 302 g/mol. The van der Waals surface area contributed by atoms with Crippen molar-refractivity contribution >= 4 is 5.97 Å². The fourth-order valence-corrected chi connectivity index (χ4v) is 2.52. The lowest BCUT2D eigenvalue weighted by molar-refractivity contribution is -0.136. The molecule has 2 unspecified atom stereocenters. The van der Waals surface area contributed by atoms with E-state index in [0.29, 0.717) is 5.57 Å². The molecule has 0 aliphatic carbocycles. The molecule has 0 radical (unpaired) electrons. The molecule has 0 heterocycles. The topological polar surface area (TPSA) is 87.0 Å². The van der Waals surface area contributed by atoms with Crippen molar-refractivity contribution in [3.8, 4) is 0 Å². The van der Waals surface area contributed by atoms with E-state index >= 15 is 0 Å². The van der Waals surface area contributed by atoms with Crippen LogP contribution >= 0.6 is 0 Å². The number of aliphatic hydroxyl groups excluding tert-OH is 3. The van der Waals surface area contributed by atoms with Gasteiger partial charge in [0.15, 0.2) is 0 Å². The number of methoxy groups -OCH3 is 1. The van der Waals surface area contributed by atoms with Gasteiger partial charge in [0.1, 0.15) is 0 Å². The molecule has 0 rings (SSSR count). The Morgan fingerprint density at radius 1 is 1.00 bits per heavy atom. The van der Waals surface area contributed by atoms with E-state index in [1.165, 1.54) is 7.11 Å². The van der Waals surface area contributed by atoms with Crippen LogP contribution < -0.4 is 0 Å². The first-order chi connectivity index (χ1) is 10.0. The second-order valence-electron chi connectivity index (χ2n) is 5.46. The highest BCUT2D eigenvalue weighted by Gasteiger charge is 2.24. The Balaban J connectivity index is 4.68. The van der Waals surface area contributed by atoms with Gasteiger partial charge in [-0.1, -0.05) is 24.8 Å². The number of esters is 1. The molecule has 2 atom stereocenters. The Morgan fingerprint density at radius 2 is 1.62 bits per heavy atom. The molecule has 0 bridgehead atoms. The molecular formula is C16H30O5. The van der Waals surface area contributed by atoms with Gasteiger partial charge in [0.25, 0.3) is 0 Å². The van der Waals surface area contributed by atoms with Gasteiger partial charge in [0.2, 0.25) is 0 Å². The highest BCUT2D eigenvalue weighted by Crippen LogP contribution is 2.27. The van der Waals surface area contributed by atoms with E-state index in [1.807, 2.05) is 6.92 Å². The van der Waals surface area contributed by atoms with Crippen LogP contribution in [0, 0.1) is 11.8 Å². The van der Waals surface area contributed by atoms with Crippen LogP contribution in [0.4, 0.5) is 0 Å². The normalized spacial score (nSPS) is 15.3. The lowest BCUT2D eigenvalue weighted by atomic mass is 9.82. The molecule has 0 aliphatic rings. The molecule has 5 heteroatoms. The highest BCUT2D eigenvalue weighted by atomic mass is 16.5. The van der Waals surface area contributed by atoms with Gasteiger partial charge in [0, 0.05) is 31.3 Å². The summed E-state index contributed by atoms with van der Waals surface area (Å²) in [4.78, 5) is 11.6. The molecule has 0 amide bonds. The highest BCUT2D eigenvalue weighted by molar-refractivity contribution is 5.88. The van der Waals surface area contributed by atoms with Crippen molar-refractivity contribution in [1.29, 1.82) is 0 Å². The van der Waals surface area contributed by atoms with Crippen LogP contribution in [0.25, 0.3) is 0 Å². The van der Waals surface area contributed by atoms with E-state index in [2.05, 4.69) is 0 Å². The lowest BCUT2D eigenvalue weighted by Gasteiger charge is -2.26. The summed E-state index contributed by atoms with van der Waals surface area (Å²) in [6.07, 6.45) is 4.49. The van der Waals surface area contributed by atoms with Gasteiger partial charge in [-0.15, -0.1) is 0 Å². The minimum absolute atomic E-state index is 0.0168. The van der Waals surface area contributed by atoms with Gasteiger partial charge in [-0.05, 0) is 32.6 Å². The standard InChI is InChI=1S/C16H30O5/c1-12(13(2)16(20)21-3)15(11-19)14(10-18)8-6-4-5-7-9-17/h14-15,17-19H,4-11H2,1-3H3. The fraction of sp³-hybridized carbons (Fsp3) is 0.812. The lowest BCUT2D eigenvalue weighted by Crippen LogP contribution is -2.25. The van der Waals surface area contributed by atoms with E-state index in [1.54, 1.807) is 6.92 Å². The Bertz CT molecular complexity index is 325. The number of rotatable bonds is 11. The van der Waals surface area contributed by atoms with Gasteiger partial charge < -0.3 is 20.1 Å². The second-order valence-corrected chi connectivity index (χ2v) is 5.46. The van der Waals surface area contributed by atoms with Crippen LogP contribution in [0.3, 0.4) is 0 Å². The smallest absolute Gasteiger partial charge is 0.333 e. The maximum absolute atomic E-state index is 11.6. The monoisotopic (exact) mass is 302 g/mol. The predicted molar refractivity (Wildman–Crippen MR) is 81.7 cm³/mol. The number of hydrogen-bond donors (Lipinski definition) is 3. The Morgan fingerprint density at radius 3 is 2.10 bits per heavy atom. The van der Waals surface area contributed by atoms with Crippen LogP contribution in [-0.4, -0.2) is 48.2 Å². The van der Waals surface area contributed by atoms with Crippen molar-refractivity contribution in [3.05, 3.63) is 11.1 Å². The summed E-state index contributed by atoms with van der Waals surface area (Å²) in [6, 6.07) is 0. The minimum atomic E-state index is -0.398. The molecule has 21 heavy (non-hydrogen) atoms. The Labute approximate surface area is 127 Å². The number of carbonyl (C=O) groups excluding carboxylic acids is 1. The molecule has 5 nitrogen and oxygen atoms in total. The van der Waals surface area contributed by atoms with Crippen LogP contribution in [0.1, 0.15) is 46.0 Å². The third-order valence-corrected chi connectivity index (χ3v) is 4.12. The number of ether oxygens (including phenoxy) is 1. The summed E-state index contributed by atoms with van der Waals surface area (Å²) in [5.74, 6) is -0.693. The van der Waals surface area contributed by atoms with Gasteiger partial charge in [-0.3, -0.25) is 0 Å². The summed E-state index contributed by atoms with van der Waals surface area (Å²) >= 11 is 0. The number of aliphatic hydroxyl groups is 3. The minimum Gasteiger partial charge on any atom is -0.466 e. The predicted octanol–water partition coefficient (Wildman–Crippen LogP) is 1.66. The molecule has 0 spiro atoms. The van der Waals surface area contributed by atoms with Gasteiger partial charge in [-0.2, -0.15) is 0 Å². The quantitative estimate of drug-likeness (QED) is 0.307. The van der Waals surface area contributed by atoms with Gasteiger partial charge in [-0.25, -0.2) is 4.79 Å². The zero-order valence-electron chi connectivity index (χ0n) is 13.5. The molecule has 0 saturated carbocycles. The maximum Gasteiger partial charge on any atom is 0.333 e. The molecule has 0 aromatic heterocycles. The first kappa shape index (κ1) is 20.1. The first-order valence-corrected chi connectivity index (χ1v) is 7.61. The molecular weight excluding hydrogens is 272 g/mol. The summed E-state index contributed by atoms with van der Waals surface area (Å²) < 4.78 is 4.70. The van der Waals surface area contributed by atoms with Crippen LogP contribution in [0.15, 0.2) is 11.1 Å². The number of hydrogen-bond acceptors (Lipinski definition) is 5. The summed E-state index contributed by atoms with van der Waals surface area (Å²) in [7, 11) is 1.33. The molecule has 0 saturated heterocycles. The van der Waals surface area contributed by atoms with Crippen LogP contribution in [0.5, 0.6) is 0 Å². The average Bonchev–Trinajstić information content (AvgIpc) is 2.51. The van der Waals surface area contributed by atoms with Crippen molar-refractivity contribution in [3.63, 3.8) is 0 Å². The molecule has 0 aromatic rings. The van der Waals surface area contributed by atoms with Crippen molar-refractivity contribution < 1.29 is 24.9 Å². The van der Waals surface area contributed by atoms with Crippen LogP contribution in [0.2, 0.25) is 0 Å². The Kier molecular flexibility index (Phi) is 11.2. The molecule has 3 N–H and O–H groups in total. The van der Waals surface area contributed by atoms with E-state index in [0.717, 1.165) is 37.7 Å². The molecule has 0 aliphatic heterocycles. The van der Waals surface area contributed by atoms with E-state index in [-0.39, 0.29) is 31.7 Å². The van der Waals surface area contributed by atoms with Crippen molar-refractivity contribution in [2.75, 3.05) is 26.9 Å². The summed E-state index contributed by atoms with van der Waals surface area (Å²) in [5.41, 5.74) is 1.27. The zero-order chi connectivity index (χ0) is 16.3. The zero-order valence-corrected chi connectivity index (χ0v) is 13.5.